The molecule has 0 heterocycles. The van der Waals surface area contributed by atoms with Gasteiger partial charge in [0.05, 0.1) is 12.2 Å². The van der Waals surface area contributed by atoms with Gasteiger partial charge in [-0.25, -0.2) is 4.39 Å². The summed E-state index contributed by atoms with van der Waals surface area (Å²) in [5.74, 6) is -0.712. The Hall–Kier alpha value is -2.56. The van der Waals surface area contributed by atoms with Crippen LogP contribution in [0.2, 0.25) is 0 Å². The summed E-state index contributed by atoms with van der Waals surface area (Å²) in [5, 5.41) is 12.2. The Morgan fingerprint density at radius 2 is 1.95 bits per heavy atom. The molecule has 0 saturated heterocycles. The third-order valence-electron chi connectivity index (χ3n) is 2.79. The lowest BCUT2D eigenvalue weighted by Gasteiger charge is -2.08. The van der Waals surface area contributed by atoms with Gasteiger partial charge in [0.25, 0.3) is 5.91 Å². The standard InChI is InChI=1S/C16H16FNO3/c1-2-9-21-13-6-4-12(5-7-13)18-16(20)14-10-11(17)3-8-15(14)19/h3-8,10,19H,2,9H2,1H3,(H,18,20). The highest BCUT2D eigenvalue weighted by Crippen LogP contribution is 2.21. The number of halogens is 1. The minimum absolute atomic E-state index is 0.110. The number of hydrogen-bond donors (Lipinski definition) is 2. The van der Waals surface area contributed by atoms with Crippen molar-refractivity contribution in [1.29, 1.82) is 0 Å². The van der Waals surface area contributed by atoms with Gasteiger partial charge < -0.3 is 15.2 Å². The van der Waals surface area contributed by atoms with Crippen molar-refractivity contribution >= 4 is 11.6 Å². The maximum atomic E-state index is 13.1. The van der Waals surface area contributed by atoms with Crippen LogP contribution in [0.25, 0.3) is 0 Å². The Balaban J connectivity index is 2.07. The quantitative estimate of drug-likeness (QED) is 0.884. The molecule has 0 atom stereocenters. The van der Waals surface area contributed by atoms with Crippen molar-refractivity contribution < 1.29 is 19.0 Å². The predicted molar refractivity (Wildman–Crippen MR) is 78.2 cm³/mol. The Morgan fingerprint density at radius 3 is 2.62 bits per heavy atom. The van der Waals surface area contributed by atoms with E-state index in [-0.39, 0.29) is 11.3 Å². The number of nitrogens with one attached hydrogen (secondary N) is 1. The van der Waals surface area contributed by atoms with Gasteiger partial charge in [0.1, 0.15) is 17.3 Å². The topological polar surface area (TPSA) is 58.6 Å². The number of rotatable bonds is 5. The highest BCUT2D eigenvalue weighted by atomic mass is 19.1. The first-order valence-electron chi connectivity index (χ1n) is 6.63. The fourth-order valence-corrected chi connectivity index (χ4v) is 1.74. The number of anilines is 1. The molecule has 2 aromatic carbocycles. The van der Waals surface area contributed by atoms with Crippen molar-refractivity contribution in [3.8, 4) is 11.5 Å². The first-order chi connectivity index (χ1) is 10.1. The molecule has 0 aliphatic heterocycles. The van der Waals surface area contributed by atoms with Gasteiger partial charge in [-0.1, -0.05) is 6.92 Å². The van der Waals surface area contributed by atoms with Crippen LogP contribution in [0.3, 0.4) is 0 Å². The van der Waals surface area contributed by atoms with Gasteiger partial charge >= 0.3 is 0 Å². The lowest BCUT2D eigenvalue weighted by atomic mass is 10.1. The maximum Gasteiger partial charge on any atom is 0.259 e. The Labute approximate surface area is 122 Å². The van der Waals surface area contributed by atoms with Crippen LogP contribution >= 0.6 is 0 Å². The number of carbonyl (C=O) groups excluding carboxylic acids is 1. The lowest BCUT2D eigenvalue weighted by Crippen LogP contribution is -2.12. The Bertz CT molecular complexity index is 626. The smallest absolute Gasteiger partial charge is 0.259 e. The number of aromatic hydroxyl groups is 1. The van der Waals surface area contributed by atoms with Gasteiger partial charge in [-0.3, -0.25) is 4.79 Å². The average molecular weight is 289 g/mol. The molecular weight excluding hydrogens is 273 g/mol. The van der Waals surface area contributed by atoms with E-state index in [9.17, 15) is 14.3 Å². The molecule has 5 heteroatoms. The number of ether oxygens (including phenoxy) is 1. The molecule has 0 spiro atoms. The molecule has 2 rings (SSSR count). The van der Waals surface area contributed by atoms with Gasteiger partial charge in [0, 0.05) is 5.69 Å². The van der Waals surface area contributed by atoms with Crippen molar-refractivity contribution in [2.24, 2.45) is 0 Å². The van der Waals surface area contributed by atoms with Crippen molar-refractivity contribution in [2.75, 3.05) is 11.9 Å². The van der Waals surface area contributed by atoms with Gasteiger partial charge in [-0.15, -0.1) is 0 Å². The Morgan fingerprint density at radius 1 is 1.24 bits per heavy atom. The lowest BCUT2D eigenvalue weighted by molar-refractivity contribution is 0.102. The summed E-state index contributed by atoms with van der Waals surface area (Å²) in [6.45, 7) is 2.64. The minimum atomic E-state index is -0.582. The fraction of sp³-hybridized carbons (Fsp3) is 0.188. The highest BCUT2D eigenvalue weighted by molar-refractivity contribution is 6.06. The second-order valence-corrected chi connectivity index (χ2v) is 4.49. The first-order valence-corrected chi connectivity index (χ1v) is 6.63. The van der Waals surface area contributed by atoms with Crippen LogP contribution in [0, 0.1) is 5.82 Å². The van der Waals surface area contributed by atoms with Gasteiger partial charge in [0.15, 0.2) is 0 Å². The molecule has 0 fully saturated rings. The second kappa shape index (κ2) is 6.74. The summed E-state index contributed by atoms with van der Waals surface area (Å²) in [7, 11) is 0. The van der Waals surface area contributed by atoms with Crippen LogP contribution in [0.1, 0.15) is 23.7 Å². The van der Waals surface area contributed by atoms with E-state index in [1.54, 1.807) is 24.3 Å². The summed E-state index contributed by atoms with van der Waals surface area (Å²) in [6.07, 6.45) is 0.914. The largest absolute Gasteiger partial charge is 0.507 e. The number of amides is 1. The van der Waals surface area contributed by atoms with Crippen LogP contribution < -0.4 is 10.1 Å². The van der Waals surface area contributed by atoms with E-state index in [2.05, 4.69) is 5.32 Å². The zero-order valence-electron chi connectivity index (χ0n) is 11.6. The summed E-state index contributed by atoms with van der Waals surface area (Å²) >= 11 is 0. The van der Waals surface area contributed by atoms with Crippen LogP contribution in [0.4, 0.5) is 10.1 Å². The van der Waals surface area contributed by atoms with E-state index in [4.69, 9.17) is 4.74 Å². The van der Waals surface area contributed by atoms with E-state index < -0.39 is 11.7 Å². The van der Waals surface area contributed by atoms with E-state index in [0.29, 0.717) is 18.0 Å². The molecule has 4 nitrogen and oxygen atoms in total. The third-order valence-corrected chi connectivity index (χ3v) is 2.79. The van der Waals surface area contributed by atoms with Gasteiger partial charge in [-0.2, -0.15) is 0 Å². The molecule has 0 aromatic heterocycles. The zero-order chi connectivity index (χ0) is 15.2. The van der Waals surface area contributed by atoms with E-state index in [0.717, 1.165) is 24.6 Å². The number of hydrogen-bond acceptors (Lipinski definition) is 3. The molecule has 110 valence electrons. The summed E-state index contributed by atoms with van der Waals surface area (Å²) in [5.41, 5.74) is 0.425. The molecule has 0 saturated carbocycles. The monoisotopic (exact) mass is 289 g/mol. The van der Waals surface area contributed by atoms with E-state index >= 15 is 0 Å². The third kappa shape index (κ3) is 3.95. The molecular formula is C16H16FNO3. The molecule has 2 aromatic rings. The van der Waals surface area contributed by atoms with Gasteiger partial charge in [-0.05, 0) is 48.9 Å². The van der Waals surface area contributed by atoms with Crippen molar-refractivity contribution in [1.82, 2.24) is 0 Å². The van der Waals surface area contributed by atoms with E-state index in [1.165, 1.54) is 0 Å². The predicted octanol–water partition coefficient (Wildman–Crippen LogP) is 3.57. The molecule has 0 radical (unpaired) electrons. The Kier molecular flexibility index (Phi) is 4.77. The number of carbonyl (C=O) groups is 1. The summed E-state index contributed by atoms with van der Waals surface area (Å²) in [4.78, 5) is 12.0. The van der Waals surface area contributed by atoms with Gasteiger partial charge in [0.2, 0.25) is 0 Å². The summed E-state index contributed by atoms with van der Waals surface area (Å²) in [6, 6.07) is 10.0. The molecule has 0 aliphatic rings. The summed E-state index contributed by atoms with van der Waals surface area (Å²) < 4.78 is 18.5. The highest BCUT2D eigenvalue weighted by Gasteiger charge is 2.12. The maximum absolute atomic E-state index is 13.1. The molecule has 21 heavy (non-hydrogen) atoms. The van der Waals surface area contributed by atoms with Crippen LogP contribution in [-0.4, -0.2) is 17.6 Å². The van der Waals surface area contributed by atoms with Crippen molar-refractivity contribution in [2.45, 2.75) is 13.3 Å². The second-order valence-electron chi connectivity index (χ2n) is 4.49. The van der Waals surface area contributed by atoms with Crippen molar-refractivity contribution in [3.63, 3.8) is 0 Å². The van der Waals surface area contributed by atoms with E-state index in [1.807, 2.05) is 6.92 Å². The van der Waals surface area contributed by atoms with Crippen molar-refractivity contribution in [3.05, 3.63) is 53.8 Å². The number of benzene rings is 2. The SMILES string of the molecule is CCCOc1ccc(NC(=O)c2cc(F)ccc2O)cc1. The molecule has 2 N–H and O–H groups in total. The normalized spacial score (nSPS) is 10.2. The zero-order valence-corrected chi connectivity index (χ0v) is 11.6. The van der Waals surface area contributed by atoms with Crippen LogP contribution in [0.15, 0.2) is 42.5 Å². The fourth-order valence-electron chi connectivity index (χ4n) is 1.74. The number of phenolic OH excluding ortho intramolecular Hbond substituents is 1. The number of phenols is 1. The van der Waals surface area contributed by atoms with Crippen LogP contribution in [-0.2, 0) is 0 Å². The molecule has 0 aliphatic carbocycles. The average Bonchev–Trinajstić information content (AvgIpc) is 2.49. The minimum Gasteiger partial charge on any atom is -0.507 e. The molecule has 0 unspecified atom stereocenters. The molecule has 0 bridgehead atoms. The van der Waals surface area contributed by atoms with Crippen LogP contribution in [0.5, 0.6) is 11.5 Å². The molecule has 1 amide bonds. The first kappa shape index (κ1) is 14.8.